The van der Waals surface area contributed by atoms with E-state index >= 15 is 0 Å². The van der Waals surface area contributed by atoms with Crippen molar-refractivity contribution in [2.75, 3.05) is 13.1 Å². The van der Waals surface area contributed by atoms with Crippen LogP contribution in [0.5, 0.6) is 0 Å². The van der Waals surface area contributed by atoms with Gasteiger partial charge in [0.2, 0.25) is 0 Å². The second-order valence-electron chi connectivity index (χ2n) is 1.55. The first kappa shape index (κ1) is 7.84. The smallest absolute Gasteiger partial charge is 0.288 e. The zero-order valence-electron chi connectivity index (χ0n) is 4.76. The number of aliphatic hydroxyl groups is 3. The first-order valence-electron chi connectivity index (χ1n) is 2.44. The molecule has 0 aromatic heterocycles. The standard InChI is InChI=1S/C4H11NO3/c1-2-5-3-4(6,7)8/h5-8H,2-3H2,1H3. The van der Waals surface area contributed by atoms with Crippen LogP contribution in [0.15, 0.2) is 0 Å². The van der Waals surface area contributed by atoms with Crippen LogP contribution in [0.2, 0.25) is 0 Å². The van der Waals surface area contributed by atoms with Gasteiger partial charge in [0.1, 0.15) is 0 Å². The molecule has 4 N–H and O–H groups in total. The fraction of sp³-hybridized carbons (Fsp3) is 1.00. The van der Waals surface area contributed by atoms with E-state index in [2.05, 4.69) is 5.32 Å². The summed E-state index contributed by atoms with van der Waals surface area (Å²) in [5, 5.41) is 27.1. The van der Waals surface area contributed by atoms with Crippen molar-refractivity contribution in [3.8, 4) is 0 Å². The van der Waals surface area contributed by atoms with E-state index in [4.69, 9.17) is 15.3 Å². The first-order valence-corrected chi connectivity index (χ1v) is 2.44. The van der Waals surface area contributed by atoms with E-state index in [0.29, 0.717) is 6.54 Å². The van der Waals surface area contributed by atoms with Crippen LogP contribution in [0, 0.1) is 0 Å². The highest BCUT2D eigenvalue weighted by molar-refractivity contribution is 4.49. The molecule has 0 amide bonds. The number of hydrogen-bond donors (Lipinski definition) is 4. The zero-order chi connectivity index (χ0) is 6.62. The van der Waals surface area contributed by atoms with E-state index in [-0.39, 0.29) is 6.54 Å². The van der Waals surface area contributed by atoms with Crippen LogP contribution >= 0.6 is 0 Å². The Morgan fingerprint density at radius 3 is 2.00 bits per heavy atom. The Morgan fingerprint density at radius 2 is 1.88 bits per heavy atom. The third-order valence-corrected chi connectivity index (χ3v) is 0.612. The predicted octanol–water partition coefficient (Wildman–Crippen LogP) is -1.77. The number of nitrogens with one attached hydrogen (secondary N) is 1. The lowest BCUT2D eigenvalue weighted by atomic mass is 10.5. The van der Waals surface area contributed by atoms with Crippen LogP contribution in [0.3, 0.4) is 0 Å². The molecule has 0 aliphatic heterocycles. The fourth-order valence-electron chi connectivity index (χ4n) is 0.293. The molecule has 0 unspecified atom stereocenters. The molecular formula is C4H11NO3. The first-order chi connectivity index (χ1) is 3.56. The third-order valence-electron chi connectivity index (χ3n) is 0.612. The lowest BCUT2D eigenvalue weighted by Gasteiger charge is -2.12. The average Bonchev–Trinajstić information content (AvgIpc) is 1.59. The molecule has 0 radical (unpaired) electrons. The monoisotopic (exact) mass is 121 g/mol. The molecule has 0 atom stereocenters. The van der Waals surface area contributed by atoms with Crippen molar-refractivity contribution in [3.05, 3.63) is 0 Å². The molecule has 0 heterocycles. The molecule has 0 saturated heterocycles. The second-order valence-corrected chi connectivity index (χ2v) is 1.55. The molecule has 0 spiro atoms. The van der Waals surface area contributed by atoms with Gasteiger partial charge in [-0.3, -0.25) is 0 Å². The number of hydrogen-bond acceptors (Lipinski definition) is 4. The Labute approximate surface area is 47.8 Å². The van der Waals surface area contributed by atoms with Crippen molar-refractivity contribution < 1.29 is 15.3 Å². The van der Waals surface area contributed by atoms with E-state index in [1.165, 1.54) is 0 Å². The van der Waals surface area contributed by atoms with Gasteiger partial charge in [0.05, 0.1) is 6.54 Å². The van der Waals surface area contributed by atoms with Crippen molar-refractivity contribution in [2.24, 2.45) is 0 Å². The molecule has 0 bridgehead atoms. The van der Waals surface area contributed by atoms with Gasteiger partial charge in [-0.15, -0.1) is 0 Å². The summed E-state index contributed by atoms with van der Waals surface area (Å²) in [5.41, 5.74) is 0. The molecule has 0 fully saturated rings. The van der Waals surface area contributed by atoms with E-state index < -0.39 is 5.97 Å². The lowest BCUT2D eigenvalue weighted by molar-refractivity contribution is -0.306. The summed E-state index contributed by atoms with van der Waals surface area (Å²) in [5.74, 6) is -2.56. The van der Waals surface area contributed by atoms with Crippen LogP contribution < -0.4 is 5.32 Å². The highest BCUT2D eigenvalue weighted by atomic mass is 16.7. The van der Waals surface area contributed by atoms with Crippen LogP contribution in [0.1, 0.15) is 6.92 Å². The van der Waals surface area contributed by atoms with Gasteiger partial charge in [-0.25, -0.2) is 0 Å². The van der Waals surface area contributed by atoms with E-state index in [1.54, 1.807) is 6.92 Å². The van der Waals surface area contributed by atoms with Gasteiger partial charge in [-0.1, -0.05) is 6.92 Å². The highest BCUT2D eigenvalue weighted by Crippen LogP contribution is 1.86. The molecule has 0 aromatic carbocycles. The summed E-state index contributed by atoms with van der Waals surface area (Å²) in [6.45, 7) is 2.18. The summed E-state index contributed by atoms with van der Waals surface area (Å²) in [4.78, 5) is 0. The Balaban J connectivity index is 3.11. The van der Waals surface area contributed by atoms with Gasteiger partial charge in [0.15, 0.2) is 0 Å². The van der Waals surface area contributed by atoms with Crippen LogP contribution in [-0.2, 0) is 0 Å². The highest BCUT2D eigenvalue weighted by Gasteiger charge is 2.15. The van der Waals surface area contributed by atoms with Crippen molar-refractivity contribution in [1.29, 1.82) is 0 Å². The molecular weight excluding hydrogens is 110 g/mol. The van der Waals surface area contributed by atoms with Crippen molar-refractivity contribution in [1.82, 2.24) is 5.32 Å². The van der Waals surface area contributed by atoms with Crippen molar-refractivity contribution >= 4 is 0 Å². The van der Waals surface area contributed by atoms with Crippen LogP contribution in [-0.4, -0.2) is 34.4 Å². The minimum atomic E-state index is -2.56. The van der Waals surface area contributed by atoms with Crippen molar-refractivity contribution in [2.45, 2.75) is 12.9 Å². The summed E-state index contributed by atoms with van der Waals surface area (Å²) in [7, 11) is 0. The summed E-state index contributed by atoms with van der Waals surface area (Å²) < 4.78 is 0. The average molecular weight is 121 g/mol. The quantitative estimate of drug-likeness (QED) is 0.333. The molecule has 0 saturated carbocycles. The maximum Gasteiger partial charge on any atom is 0.288 e. The van der Waals surface area contributed by atoms with Gasteiger partial charge < -0.3 is 20.6 Å². The Kier molecular flexibility index (Phi) is 2.93. The molecule has 4 heteroatoms. The predicted molar refractivity (Wildman–Crippen MR) is 27.9 cm³/mol. The molecule has 8 heavy (non-hydrogen) atoms. The van der Waals surface area contributed by atoms with Crippen LogP contribution in [0.25, 0.3) is 0 Å². The third kappa shape index (κ3) is 5.84. The van der Waals surface area contributed by atoms with Gasteiger partial charge in [0.25, 0.3) is 5.97 Å². The molecule has 4 nitrogen and oxygen atoms in total. The maximum atomic E-state index is 8.20. The Morgan fingerprint density at radius 1 is 1.38 bits per heavy atom. The summed E-state index contributed by atoms with van der Waals surface area (Å²) in [6.07, 6.45) is 0. The van der Waals surface area contributed by atoms with E-state index in [1.807, 2.05) is 0 Å². The minimum Gasteiger partial charge on any atom is -0.343 e. The molecule has 0 aliphatic rings. The molecule has 50 valence electrons. The van der Waals surface area contributed by atoms with E-state index in [0.717, 1.165) is 0 Å². The lowest BCUT2D eigenvalue weighted by Crippen LogP contribution is -2.39. The van der Waals surface area contributed by atoms with E-state index in [9.17, 15) is 0 Å². The Hall–Kier alpha value is -0.160. The van der Waals surface area contributed by atoms with Gasteiger partial charge in [-0.05, 0) is 6.54 Å². The molecule has 0 aliphatic carbocycles. The van der Waals surface area contributed by atoms with Gasteiger partial charge in [0, 0.05) is 0 Å². The molecule has 0 rings (SSSR count). The van der Waals surface area contributed by atoms with Crippen LogP contribution in [0.4, 0.5) is 0 Å². The SMILES string of the molecule is CCNCC(O)(O)O. The summed E-state index contributed by atoms with van der Waals surface area (Å²) in [6, 6.07) is 0. The zero-order valence-corrected chi connectivity index (χ0v) is 4.76. The minimum absolute atomic E-state index is 0.219. The van der Waals surface area contributed by atoms with Gasteiger partial charge >= 0.3 is 0 Å². The topological polar surface area (TPSA) is 72.7 Å². The second kappa shape index (κ2) is 2.99. The van der Waals surface area contributed by atoms with Gasteiger partial charge in [-0.2, -0.15) is 0 Å². The number of rotatable bonds is 3. The summed E-state index contributed by atoms with van der Waals surface area (Å²) >= 11 is 0. The number of likely N-dealkylation sites (N-methyl/N-ethyl adjacent to an activating group) is 1. The maximum absolute atomic E-state index is 8.20. The molecule has 0 aromatic rings. The fourth-order valence-corrected chi connectivity index (χ4v) is 0.293. The normalized spacial score (nSPS) is 12.0. The Bertz CT molecular complexity index is 58.8. The largest absolute Gasteiger partial charge is 0.343 e. The van der Waals surface area contributed by atoms with Crippen molar-refractivity contribution in [3.63, 3.8) is 0 Å².